The van der Waals surface area contributed by atoms with Crippen molar-refractivity contribution in [2.24, 2.45) is 5.92 Å². The molecule has 16 heavy (non-hydrogen) atoms. The standard InChI is InChI=1S/C11H23NO3S/c1-15-9-5-8-12-16(13,14)10-11-6-3-2-4-7-11/h11-12H,2-10H2,1H3. The molecule has 1 saturated carbocycles. The molecule has 1 N–H and O–H groups in total. The van der Waals surface area contributed by atoms with Crippen molar-refractivity contribution in [1.29, 1.82) is 0 Å². The first kappa shape index (κ1) is 13.9. The Bertz CT molecular complexity index is 271. The van der Waals surface area contributed by atoms with Crippen LogP contribution in [0.15, 0.2) is 0 Å². The fraction of sp³-hybridized carbons (Fsp3) is 1.00. The van der Waals surface area contributed by atoms with Gasteiger partial charge in [-0.2, -0.15) is 0 Å². The van der Waals surface area contributed by atoms with Gasteiger partial charge in [0.15, 0.2) is 0 Å². The molecule has 1 aliphatic carbocycles. The monoisotopic (exact) mass is 249 g/mol. The summed E-state index contributed by atoms with van der Waals surface area (Å²) >= 11 is 0. The van der Waals surface area contributed by atoms with Gasteiger partial charge in [-0.25, -0.2) is 13.1 Å². The fourth-order valence-electron chi connectivity index (χ4n) is 2.17. The van der Waals surface area contributed by atoms with E-state index in [0.29, 0.717) is 24.8 Å². The molecule has 1 aliphatic rings. The lowest BCUT2D eigenvalue weighted by molar-refractivity contribution is 0.196. The minimum absolute atomic E-state index is 0.306. The first-order valence-electron chi connectivity index (χ1n) is 6.10. The summed E-state index contributed by atoms with van der Waals surface area (Å²) in [5.74, 6) is 0.675. The molecule has 0 aromatic carbocycles. The molecule has 0 bridgehead atoms. The van der Waals surface area contributed by atoms with Gasteiger partial charge in [0.25, 0.3) is 0 Å². The van der Waals surface area contributed by atoms with Gasteiger partial charge < -0.3 is 4.74 Å². The first-order chi connectivity index (χ1) is 7.64. The molecule has 0 unspecified atom stereocenters. The highest BCUT2D eigenvalue weighted by Crippen LogP contribution is 2.24. The van der Waals surface area contributed by atoms with Crippen molar-refractivity contribution >= 4 is 10.0 Å². The van der Waals surface area contributed by atoms with Crippen LogP contribution in [0, 0.1) is 5.92 Å². The van der Waals surface area contributed by atoms with E-state index in [4.69, 9.17) is 4.74 Å². The average Bonchev–Trinajstić information content (AvgIpc) is 2.25. The van der Waals surface area contributed by atoms with E-state index in [1.54, 1.807) is 7.11 Å². The summed E-state index contributed by atoms with van der Waals surface area (Å²) in [4.78, 5) is 0. The smallest absolute Gasteiger partial charge is 0.211 e. The van der Waals surface area contributed by atoms with E-state index >= 15 is 0 Å². The molecule has 96 valence electrons. The largest absolute Gasteiger partial charge is 0.385 e. The summed E-state index contributed by atoms with van der Waals surface area (Å²) in [5, 5.41) is 0. The molecule has 0 spiro atoms. The average molecular weight is 249 g/mol. The Hall–Kier alpha value is -0.130. The molecule has 1 rings (SSSR count). The van der Waals surface area contributed by atoms with Gasteiger partial charge >= 0.3 is 0 Å². The summed E-state index contributed by atoms with van der Waals surface area (Å²) in [6, 6.07) is 0. The van der Waals surface area contributed by atoms with Gasteiger partial charge in [-0.3, -0.25) is 0 Å². The Morgan fingerprint density at radius 2 is 1.94 bits per heavy atom. The predicted molar refractivity (Wildman–Crippen MR) is 64.9 cm³/mol. The van der Waals surface area contributed by atoms with Crippen LogP contribution in [0.5, 0.6) is 0 Å². The maximum atomic E-state index is 11.7. The number of hydrogen-bond acceptors (Lipinski definition) is 3. The van der Waals surface area contributed by atoms with E-state index in [1.165, 1.54) is 19.3 Å². The second kappa shape index (κ2) is 7.25. The highest BCUT2D eigenvalue weighted by atomic mass is 32.2. The molecule has 0 amide bonds. The van der Waals surface area contributed by atoms with Crippen LogP contribution in [-0.2, 0) is 14.8 Å². The van der Waals surface area contributed by atoms with E-state index in [2.05, 4.69) is 4.72 Å². The van der Waals surface area contributed by atoms with Crippen LogP contribution in [-0.4, -0.2) is 34.4 Å². The molecule has 0 saturated heterocycles. The van der Waals surface area contributed by atoms with E-state index < -0.39 is 10.0 Å². The Morgan fingerprint density at radius 3 is 2.56 bits per heavy atom. The summed E-state index contributed by atoms with van der Waals surface area (Å²) < 4.78 is 30.9. The number of ether oxygens (including phenoxy) is 1. The summed E-state index contributed by atoms with van der Waals surface area (Å²) in [5.41, 5.74) is 0. The van der Waals surface area contributed by atoms with Crippen molar-refractivity contribution < 1.29 is 13.2 Å². The summed E-state index contributed by atoms with van der Waals surface area (Å²) in [7, 11) is -1.45. The van der Waals surface area contributed by atoms with E-state index in [1.807, 2.05) is 0 Å². The van der Waals surface area contributed by atoms with Crippen molar-refractivity contribution in [1.82, 2.24) is 4.72 Å². The Kier molecular flexibility index (Phi) is 6.31. The van der Waals surface area contributed by atoms with Crippen LogP contribution in [0.4, 0.5) is 0 Å². The van der Waals surface area contributed by atoms with Crippen LogP contribution in [0.1, 0.15) is 38.5 Å². The first-order valence-corrected chi connectivity index (χ1v) is 7.75. The Balaban J connectivity index is 2.22. The molecular formula is C11H23NO3S. The summed E-state index contributed by atoms with van der Waals surface area (Å²) in [6.45, 7) is 1.09. The second-order valence-electron chi connectivity index (χ2n) is 4.53. The molecule has 5 heteroatoms. The fourth-order valence-corrected chi connectivity index (χ4v) is 3.69. The Labute approximate surface area is 98.8 Å². The van der Waals surface area contributed by atoms with Crippen LogP contribution in [0.25, 0.3) is 0 Å². The molecule has 0 atom stereocenters. The van der Waals surface area contributed by atoms with Crippen LogP contribution in [0.3, 0.4) is 0 Å². The van der Waals surface area contributed by atoms with Gasteiger partial charge in [0.05, 0.1) is 5.75 Å². The number of rotatable bonds is 7. The van der Waals surface area contributed by atoms with E-state index in [-0.39, 0.29) is 0 Å². The van der Waals surface area contributed by atoms with Gasteiger partial charge in [0.1, 0.15) is 0 Å². The molecular weight excluding hydrogens is 226 g/mol. The number of hydrogen-bond donors (Lipinski definition) is 1. The van der Waals surface area contributed by atoms with Crippen molar-refractivity contribution in [3.8, 4) is 0 Å². The third kappa shape index (κ3) is 5.82. The molecule has 0 aromatic rings. The lowest BCUT2D eigenvalue weighted by Crippen LogP contribution is -2.31. The zero-order valence-electron chi connectivity index (χ0n) is 10.1. The van der Waals surface area contributed by atoms with Gasteiger partial charge in [0.2, 0.25) is 10.0 Å². The van der Waals surface area contributed by atoms with Gasteiger partial charge in [0, 0.05) is 20.3 Å². The quantitative estimate of drug-likeness (QED) is 0.696. The molecule has 0 aliphatic heterocycles. The minimum Gasteiger partial charge on any atom is -0.385 e. The third-order valence-corrected chi connectivity index (χ3v) is 4.58. The number of sulfonamides is 1. The lowest BCUT2D eigenvalue weighted by Gasteiger charge is -2.21. The molecule has 4 nitrogen and oxygen atoms in total. The highest BCUT2D eigenvalue weighted by Gasteiger charge is 2.20. The van der Waals surface area contributed by atoms with Crippen molar-refractivity contribution in [2.75, 3.05) is 26.0 Å². The van der Waals surface area contributed by atoms with Crippen LogP contribution in [0.2, 0.25) is 0 Å². The minimum atomic E-state index is -3.07. The van der Waals surface area contributed by atoms with Crippen LogP contribution < -0.4 is 4.72 Å². The highest BCUT2D eigenvalue weighted by molar-refractivity contribution is 7.89. The zero-order chi connectivity index (χ0) is 11.9. The predicted octanol–water partition coefficient (Wildman–Crippen LogP) is 1.52. The van der Waals surface area contributed by atoms with Crippen molar-refractivity contribution in [3.05, 3.63) is 0 Å². The van der Waals surface area contributed by atoms with Crippen LogP contribution >= 0.6 is 0 Å². The molecule has 0 aromatic heterocycles. The molecule has 1 fully saturated rings. The second-order valence-corrected chi connectivity index (χ2v) is 6.38. The van der Waals surface area contributed by atoms with Gasteiger partial charge in [-0.15, -0.1) is 0 Å². The number of nitrogens with one attached hydrogen (secondary N) is 1. The lowest BCUT2D eigenvalue weighted by atomic mass is 9.91. The molecule has 0 heterocycles. The van der Waals surface area contributed by atoms with Gasteiger partial charge in [-0.05, 0) is 25.2 Å². The summed E-state index contributed by atoms with van der Waals surface area (Å²) in [6.07, 6.45) is 6.50. The maximum absolute atomic E-state index is 11.7. The maximum Gasteiger partial charge on any atom is 0.211 e. The SMILES string of the molecule is COCCCNS(=O)(=O)CC1CCCCC1. The topological polar surface area (TPSA) is 55.4 Å². The van der Waals surface area contributed by atoms with E-state index in [9.17, 15) is 8.42 Å². The van der Waals surface area contributed by atoms with Crippen molar-refractivity contribution in [2.45, 2.75) is 38.5 Å². The number of methoxy groups -OCH3 is 1. The Morgan fingerprint density at radius 1 is 1.25 bits per heavy atom. The van der Waals surface area contributed by atoms with E-state index in [0.717, 1.165) is 19.3 Å². The van der Waals surface area contributed by atoms with Crippen molar-refractivity contribution in [3.63, 3.8) is 0 Å². The normalized spacial score (nSPS) is 18.8. The van der Waals surface area contributed by atoms with Gasteiger partial charge in [-0.1, -0.05) is 19.3 Å². The zero-order valence-corrected chi connectivity index (χ0v) is 10.9. The third-order valence-electron chi connectivity index (χ3n) is 3.03. The molecule has 0 radical (unpaired) electrons.